The van der Waals surface area contributed by atoms with E-state index in [1.807, 2.05) is 11.3 Å². The normalized spacial score (nSPS) is 23.4. The summed E-state index contributed by atoms with van der Waals surface area (Å²) in [4.78, 5) is 6.03. The highest BCUT2D eigenvalue weighted by Gasteiger charge is 2.24. The number of hydrogen-bond donors (Lipinski definition) is 0. The third-order valence-corrected chi connectivity index (χ3v) is 3.79. The van der Waals surface area contributed by atoms with Gasteiger partial charge >= 0.3 is 0 Å². The molecular formula is C11H18N2OS. The van der Waals surface area contributed by atoms with Gasteiger partial charge in [0, 0.05) is 36.1 Å². The van der Waals surface area contributed by atoms with Crippen molar-refractivity contribution < 1.29 is 4.74 Å². The van der Waals surface area contributed by atoms with E-state index in [1.54, 1.807) is 7.11 Å². The number of methoxy groups -OCH3 is 1. The van der Waals surface area contributed by atoms with Crippen LogP contribution in [0, 0.1) is 6.92 Å². The van der Waals surface area contributed by atoms with Crippen LogP contribution >= 0.6 is 11.3 Å². The molecule has 1 aliphatic rings. The highest BCUT2D eigenvalue weighted by atomic mass is 32.1. The maximum atomic E-state index is 5.45. The molecule has 0 aromatic carbocycles. The summed E-state index contributed by atoms with van der Waals surface area (Å²) in [6, 6.07) is 2.25. The monoisotopic (exact) mass is 226 g/mol. The smallest absolute Gasteiger partial charge is 0.127 e. The second-order valence-corrected chi connectivity index (χ2v) is 5.15. The molecule has 15 heavy (non-hydrogen) atoms. The molecule has 1 aromatic rings. The Balaban J connectivity index is 2.06. The molecule has 0 spiro atoms. The van der Waals surface area contributed by atoms with Gasteiger partial charge in [-0.1, -0.05) is 0 Å². The summed E-state index contributed by atoms with van der Waals surface area (Å²) >= 11 is 1.81. The lowest BCUT2D eigenvalue weighted by Gasteiger charge is -2.39. The summed E-state index contributed by atoms with van der Waals surface area (Å²) in [5.41, 5.74) is 1.34. The van der Waals surface area contributed by atoms with Crippen LogP contribution in [-0.2, 0) is 4.74 Å². The molecule has 1 aliphatic heterocycles. The number of likely N-dealkylation sites (N-methyl/N-ethyl adjacent to an activating group) is 1. The second kappa shape index (κ2) is 4.51. The molecule has 2 heterocycles. The topological polar surface area (TPSA) is 15.7 Å². The van der Waals surface area contributed by atoms with Gasteiger partial charge in [-0.15, -0.1) is 11.3 Å². The van der Waals surface area contributed by atoms with Crippen LogP contribution in [0.4, 0.5) is 5.69 Å². The first-order chi connectivity index (χ1) is 7.20. The standard InChI is InChI=1S/C11H18N2OS/c1-9-6-10(8-15-9)13-5-4-12(2)11(7-13)14-3/h6,8,11H,4-5,7H2,1-3H3. The SMILES string of the molecule is COC1CN(c2csc(C)c2)CCN1C. The van der Waals surface area contributed by atoms with Crippen LogP contribution in [0.15, 0.2) is 11.4 Å². The summed E-state index contributed by atoms with van der Waals surface area (Å²) in [7, 11) is 3.90. The van der Waals surface area contributed by atoms with Crippen LogP contribution < -0.4 is 4.90 Å². The Hall–Kier alpha value is -0.580. The van der Waals surface area contributed by atoms with E-state index in [-0.39, 0.29) is 6.23 Å². The van der Waals surface area contributed by atoms with Crippen LogP contribution in [0.5, 0.6) is 0 Å². The number of aryl methyl sites for hydroxylation is 1. The molecular weight excluding hydrogens is 208 g/mol. The van der Waals surface area contributed by atoms with Gasteiger partial charge in [0.05, 0.1) is 6.54 Å². The Bertz CT molecular complexity index is 326. The maximum Gasteiger partial charge on any atom is 0.127 e. The van der Waals surface area contributed by atoms with Crippen LogP contribution in [-0.4, -0.2) is 44.9 Å². The molecule has 0 aliphatic carbocycles. The molecule has 0 amide bonds. The van der Waals surface area contributed by atoms with Gasteiger partial charge in [0.25, 0.3) is 0 Å². The van der Waals surface area contributed by atoms with Crippen molar-refractivity contribution in [3.8, 4) is 0 Å². The maximum absolute atomic E-state index is 5.45. The quantitative estimate of drug-likeness (QED) is 0.764. The van der Waals surface area contributed by atoms with E-state index in [2.05, 4.69) is 35.2 Å². The van der Waals surface area contributed by atoms with E-state index < -0.39 is 0 Å². The van der Waals surface area contributed by atoms with Crippen molar-refractivity contribution in [2.75, 3.05) is 38.7 Å². The zero-order valence-electron chi connectivity index (χ0n) is 9.56. The van der Waals surface area contributed by atoms with E-state index in [0.29, 0.717) is 0 Å². The molecule has 3 nitrogen and oxygen atoms in total. The Kier molecular flexibility index (Phi) is 3.29. The van der Waals surface area contributed by atoms with Crippen LogP contribution in [0.2, 0.25) is 0 Å². The highest BCUT2D eigenvalue weighted by Crippen LogP contribution is 2.24. The third kappa shape index (κ3) is 2.33. The van der Waals surface area contributed by atoms with Crippen LogP contribution in [0.3, 0.4) is 0 Å². The Morgan fingerprint density at radius 3 is 2.87 bits per heavy atom. The fourth-order valence-electron chi connectivity index (χ4n) is 1.93. The zero-order chi connectivity index (χ0) is 10.8. The van der Waals surface area contributed by atoms with Crippen LogP contribution in [0.1, 0.15) is 4.88 Å². The fourth-order valence-corrected chi connectivity index (χ4v) is 2.64. The van der Waals surface area contributed by atoms with Crippen molar-refractivity contribution in [2.24, 2.45) is 0 Å². The molecule has 1 fully saturated rings. The molecule has 0 bridgehead atoms. The number of rotatable bonds is 2. The number of anilines is 1. The summed E-state index contributed by atoms with van der Waals surface area (Å²) in [6.07, 6.45) is 0.221. The zero-order valence-corrected chi connectivity index (χ0v) is 10.4. The molecule has 1 aromatic heterocycles. The van der Waals surface area contributed by atoms with Gasteiger partial charge in [0.1, 0.15) is 6.23 Å². The van der Waals surface area contributed by atoms with Crippen molar-refractivity contribution in [2.45, 2.75) is 13.2 Å². The first-order valence-electron chi connectivity index (χ1n) is 5.24. The Morgan fingerprint density at radius 2 is 2.27 bits per heavy atom. The lowest BCUT2D eigenvalue weighted by atomic mass is 10.3. The van der Waals surface area contributed by atoms with Gasteiger partial charge < -0.3 is 9.64 Å². The lowest BCUT2D eigenvalue weighted by Crippen LogP contribution is -2.52. The minimum Gasteiger partial charge on any atom is -0.366 e. The number of piperazine rings is 1. The predicted molar refractivity (Wildman–Crippen MR) is 64.7 cm³/mol. The molecule has 1 unspecified atom stereocenters. The summed E-state index contributed by atoms with van der Waals surface area (Å²) < 4.78 is 5.45. The van der Waals surface area contributed by atoms with E-state index in [4.69, 9.17) is 4.74 Å². The van der Waals surface area contributed by atoms with E-state index in [1.165, 1.54) is 10.6 Å². The lowest BCUT2D eigenvalue weighted by molar-refractivity contribution is -0.0225. The van der Waals surface area contributed by atoms with Gasteiger partial charge in [0.15, 0.2) is 0 Å². The van der Waals surface area contributed by atoms with Crippen molar-refractivity contribution in [3.05, 3.63) is 16.3 Å². The fraction of sp³-hybridized carbons (Fsp3) is 0.636. The predicted octanol–water partition coefficient (Wildman–Crippen LogP) is 1.78. The molecule has 4 heteroatoms. The van der Waals surface area contributed by atoms with Crippen molar-refractivity contribution >= 4 is 17.0 Å². The first-order valence-corrected chi connectivity index (χ1v) is 6.12. The van der Waals surface area contributed by atoms with E-state index in [0.717, 1.165) is 19.6 Å². The van der Waals surface area contributed by atoms with Crippen molar-refractivity contribution in [1.29, 1.82) is 0 Å². The summed E-state index contributed by atoms with van der Waals surface area (Å²) in [5.74, 6) is 0. The second-order valence-electron chi connectivity index (χ2n) is 4.03. The molecule has 0 radical (unpaired) electrons. The minimum atomic E-state index is 0.221. The Morgan fingerprint density at radius 1 is 1.47 bits per heavy atom. The summed E-state index contributed by atoms with van der Waals surface area (Å²) in [6.45, 7) is 5.27. The van der Waals surface area contributed by atoms with Crippen molar-refractivity contribution in [1.82, 2.24) is 4.90 Å². The summed E-state index contributed by atoms with van der Waals surface area (Å²) in [5, 5.41) is 2.23. The average molecular weight is 226 g/mol. The number of hydrogen-bond acceptors (Lipinski definition) is 4. The first kappa shape index (κ1) is 10.9. The Labute approximate surface area is 95.3 Å². The van der Waals surface area contributed by atoms with Gasteiger partial charge in [-0.05, 0) is 20.0 Å². The number of thiophene rings is 1. The largest absolute Gasteiger partial charge is 0.366 e. The van der Waals surface area contributed by atoms with Gasteiger partial charge in [-0.2, -0.15) is 0 Å². The minimum absolute atomic E-state index is 0.221. The molecule has 84 valence electrons. The average Bonchev–Trinajstić information content (AvgIpc) is 2.66. The molecule has 0 N–H and O–H groups in total. The number of ether oxygens (including phenoxy) is 1. The van der Waals surface area contributed by atoms with Gasteiger partial charge in [-0.25, -0.2) is 0 Å². The molecule has 2 rings (SSSR count). The highest BCUT2D eigenvalue weighted by molar-refractivity contribution is 7.10. The molecule has 1 saturated heterocycles. The third-order valence-electron chi connectivity index (χ3n) is 2.94. The van der Waals surface area contributed by atoms with Crippen LogP contribution in [0.25, 0.3) is 0 Å². The molecule has 0 saturated carbocycles. The van der Waals surface area contributed by atoms with Gasteiger partial charge in [-0.3, -0.25) is 4.90 Å². The van der Waals surface area contributed by atoms with Crippen molar-refractivity contribution in [3.63, 3.8) is 0 Å². The van der Waals surface area contributed by atoms with E-state index in [9.17, 15) is 0 Å². The van der Waals surface area contributed by atoms with Gasteiger partial charge in [0.2, 0.25) is 0 Å². The molecule has 1 atom stereocenters. The number of nitrogens with zero attached hydrogens (tertiary/aromatic N) is 2. The van der Waals surface area contributed by atoms with E-state index >= 15 is 0 Å².